The van der Waals surface area contributed by atoms with Crippen molar-refractivity contribution in [2.45, 2.75) is 33.1 Å². The van der Waals surface area contributed by atoms with Crippen LogP contribution >= 0.6 is 0 Å². The van der Waals surface area contributed by atoms with Crippen LogP contribution in [-0.4, -0.2) is 26.7 Å². The Bertz CT molecular complexity index is 411. The molecule has 2 rings (SSSR count). The molecule has 1 heterocycles. The van der Waals surface area contributed by atoms with Crippen LogP contribution in [0.4, 0.5) is 5.69 Å². The van der Waals surface area contributed by atoms with E-state index < -0.39 is 0 Å². The van der Waals surface area contributed by atoms with Crippen molar-refractivity contribution >= 4 is 5.69 Å². The fraction of sp³-hybridized carbons (Fsp3) is 0.625. The zero-order valence-corrected chi connectivity index (χ0v) is 12.4. The molecule has 0 amide bonds. The van der Waals surface area contributed by atoms with Crippen molar-refractivity contribution in [3.05, 3.63) is 23.3 Å². The lowest BCUT2D eigenvalue weighted by atomic mass is 9.94. The molecule has 106 valence electrons. The smallest absolute Gasteiger partial charge is 0.142 e. The van der Waals surface area contributed by atoms with Gasteiger partial charge in [-0.3, -0.25) is 0 Å². The Hall–Kier alpha value is -1.22. The van der Waals surface area contributed by atoms with Gasteiger partial charge >= 0.3 is 0 Å². The number of methoxy groups -OCH3 is 1. The second kappa shape index (κ2) is 6.80. The molecule has 0 aliphatic carbocycles. The summed E-state index contributed by atoms with van der Waals surface area (Å²) in [5.74, 6) is 1.83. The van der Waals surface area contributed by atoms with E-state index in [2.05, 4.69) is 36.6 Å². The number of nitrogens with one attached hydrogen (secondary N) is 2. The van der Waals surface area contributed by atoms with Gasteiger partial charge in [-0.2, -0.15) is 0 Å². The van der Waals surface area contributed by atoms with Crippen LogP contribution in [0, 0.1) is 19.8 Å². The van der Waals surface area contributed by atoms with Crippen LogP contribution in [0.1, 0.15) is 30.4 Å². The number of hydrogen-bond acceptors (Lipinski definition) is 3. The highest BCUT2D eigenvalue weighted by Crippen LogP contribution is 2.30. The molecule has 0 saturated carbocycles. The second-order valence-corrected chi connectivity index (χ2v) is 5.57. The lowest BCUT2D eigenvalue weighted by Gasteiger charge is -2.23. The van der Waals surface area contributed by atoms with E-state index in [0.717, 1.165) is 23.9 Å². The van der Waals surface area contributed by atoms with Gasteiger partial charge in [0.25, 0.3) is 0 Å². The van der Waals surface area contributed by atoms with Crippen molar-refractivity contribution in [2.24, 2.45) is 5.92 Å². The Labute approximate surface area is 116 Å². The molecule has 3 nitrogen and oxygen atoms in total. The van der Waals surface area contributed by atoms with Crippen molar-refractivity contribution in [2.75, 3.05) is 32.1 Å². The van der Waals surface area contributed by atoms with Crippen molar-refractivity contribution in [1.29, 1.82) is 0 Å². The van der Waals surface area contributed by atoms with E-state index in [4.69, 9.17) is 4.74 Å². The molecule has 1 aliphatic rings. The first-order valence-electron chi connectivity index (χ1n) is 7.30. The van der Waals surface area contributed by atoms with E-state index in [1.54, 1.807) is 7.11 Å². The van der Waals surface area contributed by atoms with Crippen LogP contribution in [0.5, 0.6) is 5.75 Å². The summed E-state index contributed by atoms with van der Waals surface area (Å²) >= 11 is 0. The van der Waals surface area contributed by atoms with Gasteiger partial charge in [-0.05, 0) is 69.3 Å². The van der Waals surface area contributed by atoms with Crippen LogP contribution in [0.15, 0.2) is 12.1 Å². The Balaban J connectivity index is 1.91. The number of aryl methyl sites for hydroxylation is 2. The van der Waals surface area contributed by atoms with E-state index in [0.29, 0.717) is 0 Å². The Morgan fingerprint density at radius 2 is 2.00 bits per heavy atom. The summed E-state index contributed by atoms with van der Waals surface area (Å²) in [6.45, 7) is 7.64. The molecule has 0 unspecified atom stereocenters. The molecule has 1 aromatic carbocycles. The van der Waals surface area contributed by atoms with Gasteiger partial charge in [0.2, 0.25) is 0 Å². The highest BCUT2D eigenvalue weighted by atomic mass is 16.5. The van der Waals surface area contributed by atoms with E-state index in [9.17, 15) is 0 Å². The lowest BCUT2D eigenvalue weighted by molar-refractivity contribution is 0.360. The monoisotopic (exact) mass is 262 g/mol. The lowest BCUT2D eigenvalue weighted by Crippen LogP contribution is -2.28. The maximum absolute atomic E-state index is 5.48. The Morgan fingerprint density at radius 3 is 2.68 bits per heavy atom. The van der Waals surface area contributed by atoms with Crippen molar-refractivity contribution in [3.8, 4) is 5.75 Å². The Morgan fingerprint density at radius 1 is 1.26 bits per heavy atom. The third-order valence-corrected chi connectivity index (χ3v) is 3.98. The molecule has 2 N–H and O–H groups in total. The van der Waals surface area contributed by atoms with Crippen LogP contribution in [0.2, 0.25) is 0 Å². The molecule has 1 fully saturated rings. The van der Waals surface area contributed by atoms with Gasteiger partial charge in [-0.1, -0.05) is 6.07 Å². The van der Waals surface area contributed by atoms with Crippen LogP contribution in [0.25, 0.3) is 0 Å². The van der Waals surface area contributed by atoms with Gasteiger partial charge in [-0.25, -0.2) is 0 Å². The molecular formula is C16H26N2O. The number of hydrogen-bond donors (Lipinski definition) is 2. The second-order valence-electron chi connectivity index (χ2n) is 5.57. The molecule has 3 heteroatoms. The molecular weight excluding hydrogens is 236 g/mol. The standard InChI is InChI=1S/C16H26N2O/c1-12-10-13(2)16(15(11-12)19-3)18-9-6-14-4-7-17-8-5-14/h10-11,14,17-18H,4-9H2,1-3H3. The maximum Gasteiger partial charge on any atom is 0.142 e. The molecule has 0 aromatic heterocycles. The van der Waals surface area contributed by atoms with Gasteiger partial charge in [-0.15, -0.1) is 0 Å². The number of ether oxygens (including phenoxy) is 1. The average molecular weight is 262 g/mol. The maximum atomic E-state index is 5.48. The molecule has 0 bridgehead atoms. The average Bonchev–Trinajstić information content (AvgIpc) is 2.42. The first-order valence-corrected chi connectivity index (χ1v) is 7.30. The molecule has 1 saturated heterocycles. The predicted molar refractivity (Wildman–Crippen MR) is 81.2 cm³/mol. The quantitative estimate of drug-likeness (QED) is 0.855. The van der Waals surface area contributed by atoms with E-state index in [1.165, 1.54) is 43.5 Å². The van der Waals surface area contributed by atoms with Crippen molar-refractivity contribution in [1.82, 2.24) is 5.32 Å². The predicted octanol–water partition coefficient (Wildman–Crippen LogP) is 3.11. The molecule has 1 aromatic rings. The minimum absolute atomic E-state index is 0.866. The van der Waals surface area contributed by atoms with E-state index in [-0.39, 0.29) is 0 Å². The SMILES string of the molecule is COc1cc(C)cc(C)c1NCCC1CCNCC1. The highest BCUT2D eigenvalue weighted by Gasteiger charge is 2.13. The Kier molecular flexibility index (Phi) is 5.08. The van der Waals surface area contributed by atoms with E-state index >= 15 is 0 Å². The zero-order chi connectivity index (χ0) is 13.7. The minimum atomic E-state index is 0.866. The third-order valence-electron chi connectivity index (χ3n) is 3.98. The first-order chi connectivity index (χ1) is 9.20. The third kappa shape index (κ3) is 3.87. The zero-order valence-electron chi connectivity index (χ0n) is 12.4. The summed E-state index contributed by atoms with van der Waals surface area (Å²) in [4.78, 5) is 0. The molecule has 0 atom stereocenters. The number of anilines is 1. The van der Waals surface area contributed by atoms with Gasteiger partial charge in [0, 0.05) is 6.54 Å². The molecule has 0 spiro atoms. The van der Waals surface area contributed by atoms with Gasteiger partial charge in [0.1, 0.15) is 5.75 Å². The highest BCUT2D eigenvalue weighted by molar-refractivity contribution is 5.63. The van der Waals surface area contributed by atoms with Crippen LogP contribution < -0.4 is 15.4 Å². The number of benzene rings is 1. The van der Waals surface area contributed by atoms with Gasteiger partial charge in [0.15, 0.2) is 0 Å². The van der Waals surface area contributed by atoms with Crippen molar-refractivity contribution < 1.29 is 4.74 Å². The molecule has 1 aliphatic heterocycles. The van der Waals surface area contributed by atoms with Gasteiger partial charge in [0.05, 0.1) is 12.8 Å². The largest absolute Gasteiger partial charge is 0.495 e. The molecule has 19 heavy (non-hydrogen) atoms. The van der Waals surface area contributed by atoms with E-state index in [1.807, 2.05) is 0 Å². The van der Waals surface area contributed by atoms with Crippen LogP contribution in [0.3, 0.4) is 0 Å². The topological polar surface area (TPSA) is 33.3 Å². The fourth-order valence-corrected chi connectivity index (χ4v) is 2.89. The van der Waals surface area contributed by atoms with Crippen molar-refractivity contribution in [3.63, 3.8) is 0 Å². The summed E-state index contributed by atoms with van der Waals surface area (Å²) in [7, 11) is 1.74. The minimum Gasteiger partial charge on any atom is -0.495 e. The summed E-state index contributed by atoms with van der Waals surface area (Å²) < 4.78 is 5.48. The normalized spacial score (nSPS) is 16.4. The van der Waals surface area contributed by atoms with Gasteiger partial charge < -0.3 is 15.4 Å². The number of piperidine rings is 1. The molecule has 0 radical (unpaired) electrons. The number of rotatable bonds is 5. The summed E-state index contributed by atoms with van der Waals surface area (Å²) in [5, 5.41) is 6.98. The first kappa shape index (κ1) is 14.2. The summed E-state index contributed by atoms with van der Waals surface area (Å²) in [6, 6.07) is 4.30. The fourth-order valence-electron chi connectivity index (χ4n) is 2.89. The summed E-state index contributed by atoms with van der Waals surface area (Å²) in [6.07, 6.45) is 3.87. The van der Waals surface area contributed by atoms with Crippen LogP contribution in [-0.2, 0) is 0 Å². The summed E-state index contributed by atoms with van der Waals surface area (Å²) in [5.41, 5.74) is 3.67.